The van der Waals surface area contributed by atoms with Crippen molar-refractivity contribution in [3.63, 3.8) is 0 Å². The van der Waals surface area contributed by atoms with Crippen LogP contribution in [0.5, 0.6) is 0 Å². The van der Waals surface area contributed by atoms with E-state index in [9.17, 15) is 13.2 Å². The minimum absolute atomic E-state index is 0.153. The van der Waals surface area contributed by atoms with Crippen molar-refractivity contribution in [3.8, 4) is 0 Å². The van der Waals surface area contributed by atoms with Crippen LogP contribution in [0.25, 0.3) is 0 Å². The van der Waals surface area contributed by atoms with Gasteiger partial charge in [0, 0.05) is 22.3 Å². The number of halogens is 2. The molecule has 1 unspecified atom stereocenters. The minimum atomic E-state index is -3.72. The SMILES string of the molecule is O=C(Nc1cccc(Cl)c1)c1nnc(C2CCCN2S(=O)(=O)c2ccc(Cl)cc2)s1. The molecule has 1 aliphatic rings. The average molecular weight is 483 g/mol. The van der Waals surface area contributed by atoms with Crippen LogP contribution in [0.3, 0.4) is 0 Å². The summed E-state index contributed by atoms with van der Waals surface area (Å²) in [6.45, 7) is 0.374. The van der Waals surface area contributed by atoms with E-state index in [4.69, 9.17) is 23.2 Å². The summed E-state index contributed by atoms with van der Waals surface area (Å²) < 4.78 is 27.6. The van der Waals surface area contributed by atoms with Gasteiger partial charge in [0.1, 0.15) is 5.01 Å². The van der Waals surface area contributed by atoms with Crippen molar-refractivity contribution >= 4 is 56.2 Å². The first-order chi connectivity index (χ1) is 14.3. The Kier molecular flexibility index (Phi) is 6.08. The fourth-order valence-electron chi connectivity index (χ4n) is 3.23. The zero-order valence-electron chi connectivity index (χ0n) is 15.5. The average Bonchev–Trinajstić information content (AvgIpc) is 3.38. The molecule has 1 aliphatic heterocycles. The van der Waals surface area contributed by atoms with Crippen LogP contribution < -0.4 is 5.32 Å². The lowest BCUT2D eigenvalue weighted by molar-refractivity contribution is 0.102. The van der Waals surface area contributed by atoms with Gasteiger partial charge in [-0.15, -0.1) is 10.2 Å². The number of anilines is 1. The smallest absolute Gasteiger partial charge is 0.286 e. The summed E-state index contributed by atoms with van der Waals surface area (Å²) in [7, 11) is -3.72. The van der Waals surface area contributed by atoms with Gasteiger partial charge in [0.05, 0.1) is 10.9 Å². The third-order valence-corrected chi connectivity index (χ3v) is 8.06. The summed E-state index contributed by atoms with van der Waals surface area (Å²) in [5, 5.41) is 12.4. The molecule has 1 N–H and O–H groups in total. The van der Waals surface area contributed by atoms with Crippen LogP contribution in [0.2, 0.25) is 10.0 Å². The van der Waals surface area contributed by atoms with Crippen LogP contribution >= 0.6 is 34.5 Å². The number of amides is 1. The van der Waals surface area contributed by atoms with Crippen LogP contribution in [0, 0.1) is 0 Å². The van der Waals surface area contributed by atoms with E-state index in [0.29, 0.717) is 40.1 Å². The molecule has 3 aromatic rings. The van der Waals surface area contributed by atoms with E-state index < -0.39 is 22.0 Å². The summed E-state index contributed by atoms with van der Waals surface area (Å²) >= 11 is 12.9. The van der Waals surface area contributed by atoms with Gasteiger partial charge in [0.15, 0.2) is 0 Å². The predicted molar refractivity (Wildman–Crippen MR) is 117 cm³/mol. The zero-order chi connectivity index (χ0) is 21.3. The molecule has 156 valence electrons. The molecule has 0 radical (unpaired) electrons. The Labute approximate surface area is 187 Å². The van der Waals surface area contributed by atoms with E-state index in [1.54, 1.807) is 36.4 Å². The van der Waals surface area contributed by atoms with Crippen molar-refractivity contribution in [2.24, 2.45) is 0 Å². The summed E-state index contributed by atoms with van der Waals surface area (Å²) in [5.41, 5.74) is 0.539. The van der Waals surface area contributed by atoms with Gasteiger partial charge in [-0.2, -0.15) is 4.31 Å². The first-order valence-corrected chi connectivity index (χ1v) is 12.0. The van der Waals surface area contributed by atoms with Crippen molar-refractivity contribution in [1.29, 1.82) is 0 Å². The molecule has 4 rings (SSSR count). The van der Waals surface area contributed by atoms with Gasteiger partial charge >= 0.3 is 0 Å². The van der Waals surface area contributed by atoms with Gasteiger partial charge in [0.2, 0.25) is 15.0 Å². The Balaban J connectivity index is 1.54. The number of aromatic nitrogens is 2. The molecule has 0 spiro atoms. The summed E-state index contributed by atoms with van der Waals surface area (Å²) in [6.07, 6.45) is 1.30. The molecule has 11 heteroatoms. The number of hydrogen-bond donors (Lipinski definition) is 1. The summed E-state index contributed by atoms with van der Waals surface area (Å²) in [5.74, 6) is -0.425. The molecule has 1 aromatic heterocycles. The molecule has 0 bridgehead atoms. The highest BCUT2D eigenvalue weighted by molar-refractivity contribution is 7.89. The molecule has 7 nitrogen and oxygen atoms in total. The Hall–Kier alpha value is -2.04. The Morgan fingerprint density at radius 3 is 2.60 bits per heavy atom. The Morgan fingerprint density at radius 2 is 1.87 bits per heavy atom. The van der Waals surface area contributed by atoms with Gasteiger partial charge in [-0.1, -0.05) is 40.6 Å². The van der Waals surface area contributed by atoms with Crippen molar-refractivity contribution in [2.75, 3.05) is 11.9 Å². The van der Waals surface area contributed by atoms with Crippen LogP contribution in [0.15, 0.2) is 53.4 Å². The molecule has 2 aromatic carbocycles. The molecular weight excluding hydrogens is 467 g/mol. The summed E-state index contributed by atoms with van der Waals surface area (Å²) in [6, 6.07) is 12.4. The van der Waals surface area contributed by atoms with Crippen molar-refractivity contribution < 1.29 is 13.2 Å². The normalized spacial score (nSPS) is 17.2. The van der Waals surface area contributed by atoms with Crippen molar-refractivity contribution in [1.82, 2.24) is 14.5 Å². The standard InChI is InChI=1S/C19H16Cl2N4O3S2/c20-12-6-8-15(9-7-12)30(27,28)25-10-2-5-16(25)18-23-24-19(29-18)17(26)22-14-4-1-3-13(21)11-14/h1,3-4,6-9,11,16H,2,5,10H2,(H,22,26). The lowest BCUT2D eigenvalue weighted by Gasteiger charge is -2.22. The monoisotopic (exact) mass is 482 g/mol. The molecule has 0 saturated carbocycles. The molecule has 1 saturated heterocycles. The fourth-order valence-corrected chi connectivity index (χ4v) is 6.16. The third kappa shape index (κ3) is 4.35. The Morgan fingerprint density at radius 1 is 1.10 bits per heavy atom. The van der Waals surface area contributed by atoms with Gasteiger partial charge in [0.25, 0.3) is 5.91 Å². The van der Waals surface area contributed by atoms with Crippen LogP contribution in [0.1, 0.15) is 33.7 Å². The van der Waals surface area contributed by atoms with Crippen LogP contribution in [-0.4, -0.2) is 35.4 Å². The molecule has 30 heavy (non-hydrogen) atoms. The number of carbonyl (C=O) groups excluding carboxylic acids is 1. The van der Waals surface area contributed by atoms with Crippen molar-refractivity contribution in [2.45, 2.75) is 23.8 Å². The molecule has 1 fully saturated rings. The second-order valence-corrected chi connectivity index (χ2v) is 10.4. The quantitative estimate of drug-likeness (QED) is 0.572. The molecular formula is C19H16Cl2N4O3S2. The lowest BCUT2D eigenvalue weighted by Crippen LogP contribution is -2.30. The first-order valence-electron chi connectivity index (χ1n) is 9.02. The second kappa shape index (κ2) is 8.60. The largest absolute Gasteiger partial charge is 0.320 e. The second-order valence-electron chi connectivity index (χ2n) is 6.64. The predicted octanol–water partition coefficient (Wildman–Crippen LogP) is 4.62. The number of nitrogens with one attached hydrogen (secondary N) is 1. The lowest BCUT2D eigenvalue weighted by atomic mass is 10.2. The highest BCUT2D eigenvalue weighted by atomic mass is 35.5. The number of carbonyl (C=O) groups is 1. The van der Waals surface area contributed by atoms with E-state index in [-0.39, 0.29) is 9.90 Å². The van der Waals surface area contributed by atoms with E-state index in [2.05, 4.69) is 15.5 Å². The van der Waals surface area contributed by atoms with E-state index in [1.807, 2.05) is 0 Å². The highest BCUT2D eigenvalue weighted by Crippen LogP contribution is 2.38. The zero-order valence-corrected chi connectivity index (χ0v) is 18.6. The molecule has 2 heterocycles. The van der Waals surface area contributed by atoms with Crippen LogP contribution in [0.4, 0.5) is 5.69 Å². The third-order valence-electron chi connectivity index (χ3n) is 4.63. The van der Waals surface area contributed by atoms with E-state index in [0.717, 1.165) is 11.3 Å². The highest BCUT2D eigenvalue weighted by Gasteiger charge is 2.38. The number of benzene rings is 2. The van der Waals surface area contributed by atoms with Crippen molar-refractivity contribution in [3.05, 3.63) is 68.6 Å². The maximum Gasteiger partial charge on any atom is 0.286 e. The number of hydrogen-bond acceptors (Lipinski definition) is 6. The molecule has 1 amide bonds. The minimum Gasteiger partial charge on any atom is -0.320 e. The van der Waals surface area contributed by atoms with Crippen LogP contribution in [-0.2, 0) is 10.0 Å². The van der Waals surface area contributed by atoms with Gasteiger partial charge in [-0.25, -0.2) is 8.42 Å². The topological polar surface area (TPSA) is 92.3 Å². The Bertz CT molecular complexity index is 1180. The van der Waals surface area contributed by atoms with E-state index in [1.165, 1.54) is 16.4 Å². The van der Waals surface area contributed by atoms with Gasteiger partial charge in [-0.05, 0) is 55.3 Å². The number of rotatable bonds is 5. The van der Waals surface area contributed by atoms with Gasteiger partial charge in [-0.3, -0.25) is 4.79 Å². The maximum atomic E-state index is 13.1. The summed E-state index contributed by atoms with van der Waals surface area (Å²) in [4.78, 5) is 12.7. The molecule has 0 aliphatic carbocycles. The maximum absolute atomic E-state index is 13.1. The van der Waals surface area contributed by atoms with Gasteiger partial charge < -0.3 is 5.32 Å². The number of nitrogens with zero attached hydrogens (tertiary/aromatic N) is 3. The molecule has 1 atom stereocenters. The fraction of sp³-hybridized carbons (Fsp3) is 0.211. The first kappa shape index (κ1) is 21.2. The van der Waals surface area contributed by atoms with E-state index >= 15 is 0 Å². The number of sulfonamides is 1.